The number of carbonyl (C=O) groups excluding carboxylic acids is 1. The third kappa shape index (κ3) is 5.31. The quantitative estimate of drug-likeness (QED) is 0.617. The van der Waals surface area contributed by atoms with E-state index in [1.54, 1.807) is 15.6 Å². The van der Waals surface area contributed by atoms with E-state index in [1.807, 2.05) is 36.5 Å². The monoisotopic (exact) mass is 454 g/mol. The minimum Gasteiger partial charge on any atom is -0.325 e. The van der Waals surface area contributed by atoms with Gasteiger partial charge in [0.25, 0.3) is 0 Å². The van der Waals surface area contributed by atoms with Gasteiger partial charge in [0.1, 0.15) is 17.6 Å². The van der Waals surface area contributed by atoms with Crippen LogP contribution in [0, 0.1) is 17.1 Å². The van der Waals surface area contributed by atoms with Crippen molar-refractivity contribution in [3.63, 3.8) is 0 Å². The topological polar surface area (TPSA) is 101 Å². The van der Waals surface area contributed by atoms with Crippen LogP contribution < -0.4 is 5.73 Å². The average Bonchev–Trinajstić information content (AvgIpc) is 3.43. The Labute approximate surface area is 192 Å². The highest BCUT2D eigenvalue weighted by Gasteiger charge is 2.31. The summed E-state index contributed by atoms with van der Waals surface area (Å²) in [6, 6.07) is 15.2. The third-order valence-corrected chi connectivity index (χ3v) is 5.48. The Bertz CT molecular complexity index is 1110. The average molecular weight is 455 g/mol. The first-order valence-electron chi connectivity index (χ1n) is 10.2. The molecule has 0 bridgehead atoms. The summed E-state index contributed by atoms with van der Waals surface area (Å²) in [6.07, 6.45) is 3.76. The molecule has 2 N–H and O–H groups in total. The molecule has 7 nitrogen and oxygen atoms in total. The zero-order valence-electron chi connectivity index (χ0n) is 17.4. The molecule has 1 aliphatic heterocycles. The van der Waals surface area contributed by atoms with Crippen LogP contribution in [0.2, 0.25) is 0 Å². The Morgan fingerprint density at radius 3 is 2.75 bits per heavy atom. The summed E-state index contributed by atoms with van der Waals surface area (Å²) in [6.45, 7) is 1.02. The molecule has 2 atom stereocenters. The number of aromatic nitrogens is 3. The van der Waals surface area contributed by atoms with Crippen LogP contribution in [0.25, 0.3) is 11.3 Å². The van der Waals surface area contributed by atoms with E-state index in [9.17, 15) is 14.4 Å². The number of nitriles is 1. The normalized spacial score (nSPS) is 16.3. The summed E-state index contributed by atoms with van der Waals surface area (Å²) in [7, 11) is 0. The number of carbonyl (C=O) groups is 1. The molecule has 1 saturated heterocycles. The highest BCUT2D eigenvalue weighted by Crippen LogP contribution is 2.20. The lowest BCUT2D eigenvalue weighted by molar-refractivity contribution is -0.132. The molecular weight excluding hydrogens is 431 g/mol. The first-order chi connectivity index (χ1) is 15.0. The van der Waals surface area contributed by atoms with E-state index in [-0.39, 0.29) is 30.2 Å². The van der Waals surface area contributed by atoms with Crippen LogP contribution in [0.5, 0.6) is 0 Å². The maximum absolute atomic E-state index is 13.4. The standard InChI is InChI=1S/C23H23FN6O.ClH/c24-19-4-1-3-17(11-19)14-29-15-22(27-28-29)18-8-6-16(7-9-18)12-21(26)23(31)30-10-2-5-20(30)13-25;/h1,3-4,6-9,11,15,20-21H,2,5,10,12,14,26H2;1H/t20-,21-;/m0./s1. The fourth-order valence-corrected chi connectivity index (χ4v) is 3.86. The van der Waals surface area contributed by atoms with E-state index in [2.05, 4.69) is 16.4 Å². The molecule has 2 heterocycles. The molecule has 1 aromatic heterocycles. The number of nitrogens with zero attached hydrogens (tertiary/aromatic N) is 5. The summed E-state index contributed by atoms with van der Waals surface area (Å²) in [5.74, 6) is -0.452. The van der Waals surface area contributed by atoms with E-state index < -0.39 is 6.04 Å². The van der Waals surface area contributed by atoms with Crippen molar-refractivity contribution in [1.82, 2.24) is 19.9 Å². The van der Waals surface area contributed by atoms with Gasteiger partial charge in [0.2, 0.25) is 5.91 Å². The molecule has 0 unspecified atom stereocenters. The molecule has 4 rings (SSSR count). The maximum Gasteiger partial charge on any atom is 0.240 e. The molecule has 9 heteroatoms. The van der Waals surface area contributed by atoms with Crippen molar-refractivity contribution in [2.75, 3.05) is 6.54 Å². The number of hydrogen-bond acceptors (Lipinski definition) is 5. The molecule has 32 heavy (non-hydrogen) atoms. The molecule has 1 aliphatic rings. The Hall–Kier alpha value is -3.28. The molecule has 0 saturated carbocycles. The molecule has 2 aromatic carbocycles. The van der Waals surface area contributed by atoms with Crippen molar-refractivity contribution in [2.45, 2.75) is 37.9 Å². The molecule has 0 radical (unpaired) electrons. The van der Waals surface area contributed by atoms with Crippen LogP contribution in [0.4, 0.5) is 4.39 Å². The summed E-state index contributed by atoms with van der Waals surface area (Å²) >= 11 is 0. The van der Waals surface area contributed by atoms with Crippen molar-refractivity contribution in [3.05, 3.63) is 71.7 Å². The predicted molar refractivity (Wildman–Crippen MR) is 120 cm³/mol. The maximum atomic E-state index is 13.4. The fourth-order valence-electron chi connectivity index (χ4n) is 3.86. The number of amides is 1. The van der Waals surface area contributed by atoms with Crippen LogP contribution in [0.1, 0.15) is 24.0 Å². The number of halogens is 2. The van der Waals surface area contributed by atoms with Gasteiger partial charge in [0, 0.05) is 12.1 Å². The molecular formula is C23H24ClFN6O. The molecule has 0 aliphatic carbocycles. The van der Waals surface area contributed by atoms with Crippen molar-refractivity contribution in [1.29, 1.82) is 5.26 Å². The van der Waals surface area contributed by atoms with Gasteiger partial charge in [-0.05, 0) is 42.5 Å². The Balaban J connectivity index is 0.00000289. The summed E-state index contributed by atoms with van der Waals surface area (Å²) in [5.41, 5.74) is 9.46. The summed E-state index contributed by atoms with van der Waals surface area (Å²) < 4.78 is 15.0. The highest BCUT2D eigenvalue weighted by molar-refractivity contribution is 5.85. The fraction of sp³-hybridized carbons (Fsp3) is 0.304. The second kappa shape index (κ2) is 10.4. The van der Waals surface area contributed by atoms with E-state index >= 15 is 0 Å². The number of benzene rings is 2. The molecule has 1 fully saturated rings. The molecule has 3 aromatic rings. The van der Waals surface area contributed by atoms with E-state index in [1.165, 1.54) is 12.1 Å². The second-order valence-electron chi connectivity index (χ2n) is 7.76. The Morgan fingerprint density at radius 1 is 1.25 bits per heavy atom. The highest BCUT2D eigenvalue weighted by atomic mass is 35.5. The van der Waals surface area contributed by atoms with Crippen LogP contribution in [-0.2, 0) is 17.8 Å². The third-order valence-electron chi connectivity index (χ3n) is 5.48. The lowest BCUT2D eigenvalue weighted by atomic mass is 10.0. The van der Waals surface area contributed by atoms with E-state index in [0.29, 0.717) is 31.6 Å². The lowest BCUT2D eigenvalue weighted by Crippen LogP contribution is -2.46. The van der Waals surface area contributed by atoms with Gasteiger partial charge >= 0.3 is 0 Å². The summed E-state index contributed by atoms with van der Waals surface area (Å²) in [4.78, 5) is 14.2. The van der Waals surface area contributed by atoms with Gasteiger partial charge in [0.15, 0.2) is 0 Å². The second-order valence-corrected chi connectivity index (χ2v) is 7.76. The van der Waals surface area contributed by atoms with Gasteiger partial charge in [0.05, 0.1) is 24.9 Å². The van der Waals surface area contributed by atoms with Gasteiger partial charge in [-0.15, -0.1) is 17.5 Å². The van der Waals surface area contributed by atoms with E-state index in [0.717, 1.165) is 23.1 Å². The molecule has 1 amide bonds. The van der Waals surface area contributed by atoms with Crippen molar-refractivity contribution >= 4 is 18.3 Å². The van der Waals surface area contributed by atoms with Gasteiger partial charge in [-0.1, -0.05) is 41.6 Å². The Kier molecular flexibility index (Phi) is 7.57. The van der Waals surface area contributed by atoms with Crippen LogP contribution >= 0.6 is 12.4 Å². The van der Waals surface area contributed by atoms with Crippen LogP contribution in [-0.4, -0.2) is 44.4 Å². The number of likely N-dealkylation sites (tertiary alicyclic amines) is 1. The number of nitrogens with two attached hydrogens (primary N) is 1. The van der Waals surface area contributed by atoms with Crippen LogP contribution in [0.3, 0.4) is 0 Å². The lowest BCUT2D eigenvalue weighted by Gasteiger charge is -2.23. The van der Waals surface area contributed by atoms with Crippen molar-refractivity contribution < 1.29 is 9.18 Å². The van der Waals surface area contributed by atoms with E-state index in [4.69, 9.17) is 5.73 Å². The predicted octanol–water partition coefficient (Wildman–Crippen LogP) is 2.94. The van der Waals surface area contributed by atoms with Crippen LogP contribution in [0.15, 0.2) is 54.7 Å². The Morgan fingerprint density at radius 2 is 2.03 bits per heavy atom. The van der Waals surface area contributed by atoms with Gasteiger partial charge in [-0.3, -0.25) is 4.79 Å². The first kappa shape index (κ1) is 23.4. The minimum absolute atomic E-state index is 0. The molecule has 0 spiro atoms. The van der Waals surface area contributed by atoms with Gasteiger partial charge in [-0.25, -0.2) is 9.07 Å². The zero-order chi connectivity index (χ0) is 21.8. The molecule has 166 valence electrons. The largest absolute Gasteiger partial charge is 0.325 e. The van der Waals surface area contributed by atoms with Gasteiger partial charge in [-0.2, -0.15) is 5.26 Å². The SMILES string of the molecule is Cl.N#C[C@@H]1CCCN1C(=O)[C@@H](N)Cc1ccc(-c2cn(Cc3cccc(F)c3)nn2)cc1. The number of hydrogen-bond donors (Lipinski definition) is 1. The minimum atomic E-state index is -0.674. The van der Waals surface area contributed by atoms with Crippen molar-refractivity contribution in [3.8, 4) is 17.3 Å². The first-order valence-corrected chi connectivity index (χ1v) is 10.2. The summed E-state index contributed by atoms with van der Waals surface area (Å²) in [5, 5.41) is 17.5. The van der Waals surface area contributed by atoms with Crippen molar-refractivity contribution in [2.24, 2.45) is 5.73 Å². The zero-order valence-corrected chi connectivity index (χ0v) is 18.2. The van der Waals surface area contributed by atoms with Gasteiger partial charge < -0.3 is 10.6 Å². The smallest absolute Gasteiger partial charge is 0.240 e. The number of rotatable bonds is 6.